The van der Waals surface area contributed by atoms with Gasteiger partial charge >= 0.3 is 0 Å². The Hall–Kier alpha value is -1.95. The predicted octanol–water partition coefficient (Wildman–Crippen LogP) is 2.63. The lowest BCUT2D eigenvalue weighted by atomic mass is 10.2. The molecule has 1 aromatic heterocycles. The maximum atomic E-state index is 13.5. The third kappa shape index (κ3) is 2.59. The molecule has 0 saturated carbocycles. The van der Waals surface area contributed by atoms with Gasteiger partial charge in [-0.25, -0.2) is 4.39 Å². The molecule has 0 aliphatic heterocycles. The predicted molar refractivity (Wildman–Crippen MR) is 59.4 cm³/mol. The fraction of sp³-hybridized carbons (Fsp3) is 0.100. The van der Waals surface area contributed by atoms with Crippen LogP contribution >= 0.6 is 11.6 Å². The number of rotatable bonds is 3. The average Bonchev–Trinajstić information content (AvgIpc) is 2.67. The van der Waals surface area contributed by atoms with Crippen LogP contribution in [0.25, 0.3) is 0 Å². The van der Waals surface area contributed by atoms with E-state index in [0.29, 0.717) is 10.6 Å². The van der Waals surface area contributed by atoms with Gasteiger partial charge in [-0.05, 0) is 6.07 Å². The highest BCUT2D eigenvalue weighted by atomic mass is 35.5. The minimum Gasteiger partial charge on any atom is -0.267 e. The van der Waals surface area contributed by atoms with Crippen molar-refractivity contribution < 1.29 is 9.31 Å². The molecule has 1 heterocycles. The average molecular weight is 256 g/mol. The maximum absolute atomic E-state index is 13.5. The van der Waals surface area contributed by atoms with Crippen LogP contribution in [0, 0.1) is 15.9 Å². The molecule has 0 bridgehead atoms. The Morgan fingerprint density at radius 1 is 1.53 bits per heavy atom. The number of non-ortho nitro benzene ring substituents is 1. The number of nitro groups is 1. The molecular formula is C10H7ClFN3O2. The molecule has 0 unspecified atom stereocenters. The van der Waals surface area contributed by atoms with Gasteiger partial charge in [0.15, 0.2) is 0 Å². The quantitative estimate of drug-likeness (QED) is 0.626. The molecule has 0 saturated heterocycles. The first-order valence-corrected chi connectivity index (χ1v) is 5.05. The lowest BCUT2D eigenvalue weighted by Crippen LogP contribution is -2.02. The summed E-state index contributed by atoms with van der Waals surface area (Å²) in [4.78, 5) is 9.79. The number of nitrogens with zero attached hydrogens (tertiary/aromatic N) is 3. The Labute approximate surface area is 101 Å². The molecule has 0 aliphatic rings. The van der Waals surface area contributed by atoms with Crippen LogP contribution in [-0.2, 0) is 6.54 Å². The number of aromatic nitrogens is 2. The molecule has 0 N–H and O–H groups in total. The standard InChI is InChI=1S/C10H7ClFN3O2/c11-8-4-13-14(6-8)5-7-1-2-9(15(16)17)3-10(7)12/h1-4,6H,5H2. The summed E-state index contributed by atoms with van der Waals surface area (Å²) in [5, 5.41) is 14.8. The minimum atomic E-state index is -0.641. The van der Waals surface area contributed by atoms with Gasteiger partial charge < -0.3 is 0 Å². The van der Waals surface area contributed by atoms with Gasteiger partial charge in [0.25, 0.3) is 5.69 Å². The Kier molecular flexibility index (Phi) is 3.06. The highest BCUT2D eigenvalue weighted by Gasteiger charge is 2.11. The largest absolute Gasteiger partial charge is 0.272 e. The highest BCUT2D eigenvalue weighted by molar-refractivity contribution is 6.30. The zero-order chi connectivity index (χ0) is 12.4. The van der Waals surface area contributed by atoms with Crippen LogP contribution in [0.1, 0.15) is 5.56 Å². The number of nitro benzene ring substituents is 1. The molecule has 2 aromatic rings. The number of benzene rings is 1. The molecule has 0 atom stereocenters. The van der Waals surface area contributed by atoms with E-state index in [4.69, 9.17) is 11.6 Å². The fourth-order valence-corrected chi connectivity index (χ4v) is 1.53. The molecule has 2 rings (SSSR count). The summed E-state index contributed by atoms with van der Waals surface area (Å²) in [6.45, 7) is 0.177. The van der Waals surface area contributed by atoms with Gasteiger partial charge in [-0.1, -0.05) is 11.6 Å². The summed E-state index contributed by atoms with van der Waals surface area (Å²) in [6.07, 6.45) is 2.98. The number of hydrogen-bond acceptors (Lipinski definition) is 3. The third-order valence-corrected chi connectivity index (χ3v) is 2.38. The molecule has 88 valence electrons. The molecule has 0 amide bonds. The van der Waals surface area contributed by atoms with E-state index in [-0.39, 0.29) is 12.2 Å². The summed E-state index contributed by atoms with van der Waals surface area (Å²) in [6, 6.07) is 3.51. The number of hydrogen-bond donors (Lipinski definition) is 0. The second-order valence-electron chi connectivity index (χ2n) is 3.39. The molecule has 0 spiro atoms. The molecule has 1 aromatic carbocycles. The van der Waals surface area contributed by atoms with Crippen LogP contribution < -0.4 is 0 Å². The molecule has 7 heteroatoms. The van der Waals surface area contributed by atoms with Crippen LogP contribution in [0.2, 0.25) is 5.02 Å². The van der Waals surface area contributed by atoms with Crippen molar-refractivity contribution in [2.45, 2.75) is 6.54 Å². The van der Waals surface area contributed by atoms with Crippen molar-refractivity contribution in [2.24, 2.45) is 0 Å². The van der Waals surface area contributed by atoms with E-state index >= 15 is 0 Å². The van der Waals surface area contributed by atoms with E-state index in [2.05, 4.69) is 5.10 Å². The lowest BCUT2D eigenvalue weighted by molar-refractivity contribution is -0.385. The monoisotopic (exact) mass is 255 g/mol. The van der Waals surface area contributed by atoms with Crippen molar-refractivity contribution in [2.75, 3.05) is 0 Å². The van der Waals surface area contributed by atoms with Crippen LogP contribution in [0.15, 0.2) is 30.6 Å². The maximum Gasteiger partial charge on any atom is 0.272 e. The fourth-order valence-electron chi connectivity index (χ4n) is 1.38. The Morgan fingerprint density at radius 3 is 2.82 bits per heavy atom. The first kappa shape index (κ1) is 11.5. The van der Waals surface area contributed by atoms with E-state index < -0.39 is 10.7 Å². The molecule has 17 heavy (non-hydrogen) atoms. The van der Waals surface area contributed by atoms with E-state index in [9.17, 15) is 14.5 Å². The Bertz CT molecular complexity index is 570. The Balaban J connectivity index is 2.25. The normalized spacial score (nSPS) is 10.5. The topological polar surface area (TPSA) is 61.0 Å². The summed E-state index contributed by atoms with van der Waals surface area (Å²) in [5.41, 5.74) is 0.0418. The molecule has 0 aliphatic carbocycles. The van der Waals surface area contributed by atoms with Gasteiger partial charge in [-0.15, -0.1) is 0 Å². The lowest BCUT2D eigenvalue weighted by Gasteiger charge is -2.03. The van der Waals surface area contributed by atoms with Crippen molar-refractivity contribution in [3.8, 4) is 0 Å². The van der Waals surface area contributed by atoms with Crippen molar-refractivity contribution in [1.82, 2.24) is 9.78 Å². The van der Waals surface area contributed by atoms with Gasteiger partial charge in [0.05, 0.1) is 28.8 Å². The van der Waals surface area contributed by atoms with Crippen molar-refractivity contribution in [3.63, 3.8) is 0 Å². The zero-order valence-electron chi connectivity index (χ0n) is 8.51. The third-order valence-electron chi connectivity index (χ3n) is 2.18. The Morgan fingerprint density at radius 2 is 2.29 bits per heavy atom. The van der Waals surface area contributed by atoms with Crippen molar-refractivity contribution >= 4 is 17.3 Å². The van der Waals surface area contributed by atoms with Gasteiger partial charge in [0.2, 0.25) is 0 Å². The van der Waals surface area contributed by atoms with Gasteiger partial charge in [0.1, 0.15) is 5.82 Å². The van der Waals surface area contributed by atoms with Crippen LogP contribution in [0.5, 0.6) is 0 Å². The highest BCUT2D eigenvalue weighted by Crippen LogP contribution is 2.17. The molecular weight excluding hydrogens is 249 g/mol. The van der Waals surface area contributed by atoms with Crippen LogP contribution in [0.4, 0.5) is 10.1 Å². The van der Waals surface area contributed by atoms with Crippen LogP contribution in [0.3, 0.4) is 0 Å². The summed E-state index contributed by atoms with van der Waals surface area (Å²) >= 11 is 5.67. The summed E-state index contributed by atoms with van der Waals surface area (Å²) < 4.78 is 15.0. The first-order chi connectivity index (χ1) is 8.06. The SMILES string of the molecule is O=[N+]([O-])c1ccc(Cn2cc(Cl)cn2)c(F)c1. The van der Waals surface area contributed by atoms with Crippen molar-refractivity contribution in [1.29, 1.82) is 0 Å². The van der Waals surface area contributed by atoms with E-state index in [1.54, 1.807) is 6.20 Å². The van der Waals surface area contributed by atoms with Crippen molar-refractivity contribution in [3.05, 3.63) is 57.1 Å². The molecule has 0 fully saturated rings. The minimum absolute atomic E-state index is 0.177. The zero-order valence-corrected chi connectivity index (χ0v) is 9.26. The summed E-state index contributed by atoms with van der Waals surface area (Å²) in [5.74, 6) is -0.633. The van der Waals surface area contributed by atoms with Gasteiger partial charge in [-0.3, -0.25) is 14.8 Å². The van der Waals surface area contributed by atoms with E-state index in [0.717, 1.165) is 6.07 Å². The number of halogens is 2. The second kappa shape index (κ2) is 4.50. The van der Waals surface area contributed by atoms with Gasteiger partial charge in [-0.2, -0.15) is 5.10 Å². The second-order valence-corrected chi connectivity index (χ2v) is 3.83. The summed E-state index contributed by atoms with van der Waals surface area (Å²) in [7, 11) is 0. The smallest absolute Gasteiger partial charge is 0.267 e. The molecule has 0 radical (unpaired) electrons. The van der Waals surface area contributed by atoms with Gasteiger partial charge in [0, 0.05) is 17.8 Å². The van der Waals surface area contributed by atoms with E-state index in [1.807, 2.05) is 0 Å². The van der Waals surface area contributed by atoms with Crippen LogP contribution in [-0.4, -0.2) is 14.7 Å². The van der Waals surface area contributed by atoms with E-state index in [1.165, 1.54) is 23.0 Å². The molecule has 5 nitrogen and oxygen atoms in total. The first-order valence-electron chi connectivity index (χ1n) is 4.67.